The maximum Gasteiger partial charge on any atom is 0.144 e. The molecule has 20 heavy (non-hydrogen) atoms. The van der Waals surface area contributed by atoms with Gasteiger partial charge in [0.05, 0.1) is 17.5 Å². The molecule has 2 rings (SSSR count). The normalized spacial score (nSPS) is 16.4. The van der Waals surface area contributed by atoms with Gasteiger partial charge in [0.2, 0.25) is 0 Å². The molecule has 1 aliphatic carbocycles. The molecule has 1 aromatic rings. The Hall–Kier alpha value is -1.38. The lowest BCUT2D eigenvalue weighted by atomic mass is 9.93. The first-order valence-corrected chi connectivity index (χ1v) is 7.95. The van der Waals surface area contributed by atoms with E-state index in [1.807, 2.05) is 19.9 Å². The lowest BCUT2D eigenvalue weighted by molar-refractivity contribution is 0.244. The second kappa shape index (κ2) is 6.87. The molecule has 0 aromatic heterocycles. The summed E-state index contributed by atoms with van der Waals surface area (Å²) in [5.41, 5.74) is 8.27. The number of benzene rings is 1. The molecule has 0 aliphatic heterocycles. The molecule has 0 bridgehead atoms. The first-order valence-electron chi connectivity index (χ1n) is 7.95. The number of nitrogens with two attached hydrogens (primary N) is 1. The van der Waals surface area contributed by atoms with Crippen LogP contribution >= 0.6 is 0 Å². The molecule has 0 radical (unpaired) electrons. The molecule has 1 saturated carbocycles. The van der Waals surface area contributed by atoms with E-state index in [0.29, 0.717) is 6.04 Å². The molecule has 0 heterocycles. The van der Waals surface area contributed by atoms with Crippen molar-refractivity contribution in [3.63, 3.8) is 0 Å². The Kier molecular flexibility index (Phi) is 5.16. The molecule has 0 unspecified atom stereocenters. The van der Waals surface area contributed by atoms with Gasteiger partial charge in [0.25, 0.3) is 0 Å². The summed E-state index contributed by atoms with van der Waals surface area (Å²) in [4.78, 5) is 2.46. The Morgan fingerprint density at radius 3 is 2.55 bits per heavy atom. The molecule has 112 valence electrons. The van der Waals surface area contributed by atoms with E-state index in [1.54, 1.807) is 0 Å². The van der Waals surface area contributed by atoms with E-state index < -0.39 is 0 Å². The van der Waals surface area contributed by atoms with Gasteiger partial charge in [0, 0.05) is 12.6 Å². The number of ether oxygens (including phenoxy) is 1. The minimum atomic E-state index is 0.150. The van der Waals surface area contributed by atoms with Gasteiger partial charge >= 0.3 is 0 Å². The van der Waals surface area contributed by atoms with Crippen LogP contribution in [0.1, 0.15) is 52.9 Å². The first-order chi connectivity index (χ1) is 9.63. The third-order valence-electron chi connectivity index (χ3n) is 4.07. The van der Waals surface area contributed by atoms with Crippen molar-refractivity contribution >= 4 is 11.4 Å². The summed E-state index contributed by atoms with van der Waals surface area (Å²) in [6, 6.07) is 6.77. The van der Waals surface area contributed by atoms with Crippen molar-refractivity contribution in [3.8, 4) is 5.75 Å². The van der Waals surface area contributed by atoms with Crippen LogP contribution in [-0.2, 0) is 0 Å². The Morgan fingerprint density at radius 2 is 1.95 bits per heavy atom. The van der Waals surface area contributed by atoms with Crippen LogP contribution in [0.15, 0.2) is 18.2 Å². The van der Waals surface area contributed by atoms with E-state index in [1.165, 1.54) is 32.1 Å². The van der Waals surface area contributed by atoms with Gasteiger partial charge in [0.15, 0.2) is 0 Å². The van der Waals surface area contributed by atoms with Gasteiger partial charge < -0.3 is 15.4 Å². The van der Waals surface area contributed by atoms with Crippen LogP contribution in [0, 0.1) is 0 Å². The van der Waals surface area contributed by atoms with E-state index in [4.69, 9.17) is 10.5 Å². The SMILES string of the molecule is CCN(c1cccc(OC(C)C)c1N)C1CCCCC1. The van der Waals surface area contributed by atoms with E-state index >= 15 is 0 Å². The number of nitrogens with zero attached hydrogens (tertiary/aromatic N) is 1. The molecule has 1 aromatic carbocycles. The molecule has 3 nitrogen and oxygen atoms in total. The highest BCUT2D eigenvalue weighted by atomic mass is 16.5. The Labute approximate surface area is 123 Å². The van der Waals surface area contributed by atoms with Crippen LogP contribution < -0.4 is 15.4 Å². The summed E-state index contributed by atoms with van der Waals surface area (Å²) in [5.74, 6) is 0.812. The molecule has 0 saturated heterocycles. The fourth-order valence-corrected chi connectivity index (χ4v) is 3.16. The topological polar surface area (TPSA) is 38.5 Å². The molecule has 0 spiro atoms. The fraction of sp³-hybridized carbons (Fsp3) is 0.647. The van der Waals surface area contributed by atoms with Crippen LogP contribution in [0.3, 0.4) is 0 Å². The largest absolute Gasteiger partial charge is 0.489 e. The second-order valence-electron chi connectivity index (χ2n) is 5.93. The van der Waals surface area contributed by atoms with E-state index in [9.17, 15) is 0 Å². The minimum absolute atomic E-state index is 0.150. The smallest absolute Gasteiger partial charge is 0.144 e. The van der Waals surface area contributed by atoms with Gasteiger partial charge in [-0.05, 0) is 45.7 Å². The molecule has 1 aliphatic rings. The molecule has 0 amide bonds. The summed E-state index contributed by atoms with van der Waals surface area (Å²) < 4.78 is 5.82. The number of rotatable bonds is 5. The van der Waals surface area contributed by atoms with E-state index in [2.05, 4.69) is 24.0 Å². The zero-order valence-corrected chi connectivity index (χ0v) is 13.1. The van der Waals surface area contributed by atoms with Crippen LogP contribution in [0.2, 0.25) is 0 Å². The van der Waals surface area contributed by atoms with Crippen LogP contribution in [0.25, 0.3) is 0 Å². The summed E-state index contributed by atoms with van der Waals surface area (Å²) in [6.07, 6.45) is 6.76. The summed E-state index contributed by atoms with van der Waals surface area (Å²) in [6.45, 7) is 7.28. The lowest BCUT2D eigenvalue weighted by Crippen LogP contribution is -2.37. The summed E-state index contributed by atoms with van der Waals surface area (Å²) >= 11 is 0. The Balaban J connectivity index is 2.24. The van der Waals surface area contributed by atoms with Gasteiger partial charge in [-0.2, -0.15) is 0 Å². The standard InChI is InChI=1S/C17H28N2O/c1-4-19(14-9-6-5-7-10-14)15-11-8-12-16(17(15)18)20-13(2)3/h8,11-14H,4-7,9-10,18H2,1-3H3. The number of para-hydroxylation sites is 1. The third-order valence-corrected chi connectivity index (χ3v) is 4.07. The zero-order valence-electron chi connectivity index (χ0n) is 13.1. The quantitative estimate of drug-likeness (QED) is 0.818. The van der Waals surface area contributed by atoms with Gasteiger partial charge in [-0.3, -0.25) is 0 Å². The number of nitrogen functional groups attached to an aromatic ring is 1. The summed E-state index contributed by atoms with van der Waals surface area (Å²) in [5, 5.41) is 0. The number of hydrogen-bond donors (Lipinski definition) is 1. The molecule has 2 N–H and O–H groups in total. The van der Waals surface area contributed by atoms with Crippen LogP contribution in [0.5, 0.6) is 5.75 Å². The highest BCUT2D eigenvalue weighted by Gasteiger charge is 2.22. The maximum atomic E-state index is 6.35. The highest BCUT2D eigenvalue weighted by molar-refractivity contribution is 5.74. The molecule has 0 atom stereocenters. The van der Waals surface area contributed by atoms with Crippen LogP contribution in [-0.4, -0.2) is 18.7 Å². The van der Waals surface area contributed by atoms with Gasteiger partial charge in [-0.15, -0.1) is 0 Å². The molecule has 3 heteroatoms. The minimum Gasteiger partial charge on any atom is -0.489 e. The average Bonchev–Trinajstić information content (AvgIpc) is 2.44. The first kappa shape index (κ1) is 15.0. The van der Waals surface area contributed by atoms with Gasteiger partial charge in [0.1, 0.15) is 5.75 Å². The molecular formula is C17H28N2O. The van der Waals surface area contributed by atoms with Crippen molar-refractivity contribution in [2.24, 2.45) is 0 Å². The lowest BCUT2D eigenvalue weighted by Gasteiger charge is -2.36. The highest BCUT2D eigenvalue weighted by Crippen LogP contribution is 2.36. The average molecular weight is 276 g/mol. The van der Waals surface area contributed by atoms with Crippen molar-refractivity contribution in [2.75, 3.05) is 17.2 Å². The van der Waals surface area contributed by atoms with Gasteiger partial charge in [-0.1, -0.05) is 25.3 Å². The predicted molar refractivity (Wildman–Crippen MR) is 86.5 cm³/mol. The maximum absolute atomic E-state index is 6.35. The van der Waals surface area contributed by atoms with Gasteiger partial charge in [-0.25, -0.2) is 0 Å². The monoisotopic (exact) mass is 276 g/mol. The van der Waals surface area contributed by atoms with Crippen molar-refractivity contribution in [1.82, 2.24) is 0 Å². The number of hydrogen-bond acceptors (Lipinski definition) is 3. The molecule has 1 fully saturated rings. The Bertz CT molecular complexity index is 425. The third kappa shape index (κ3) is 3.38. The zero-order chi connectivity index (χ0) is 14.5. The van der Waals surface area contributed by atoms with Crippen molar-refractivity contribution in [2.45, 2.75) is 65.0 Å². The number of anilines is 2. The van der Waals surface area contributed by atoms with E-state index in [0.717, 1.165) is 23.7 Å². The Morgan fingerprint density at radius 1 is 1.25 bits per heavy atom. The van der Waals surface area contributed by atoms with Crippen LogP contribution in [0.4, 0.5) is 11.4 Å². The van der Waals surface area contributed by atoms with E-state index in [-0.39, 0.29) is 6.10 Å². The molecular weight excluding hydrogens is 248 g/mol. The van der Waals surface area contributed by atoms with Crippen molar-refractivity contribution in [3.05, 3.63) is 18.2 Å². The second-order valence-corrected chi connectivity index (χ2v) is 5.93. The predicted octanol–water partition coefficient (Wildman–Crippen LogP) is 4.22. The summed E-state index contributed by atoms with van der Waals surface area (Å²) in [7, 11) is 0. The fourth-order valence-electron chi connectivity index (χ4n) is 3.16. The van der Waals surface area contributed by atoms with Crippen molar-refractivity contribution in [1.29, 1.82) is 0 Å². The van der Waals surface area contributed by atoms with Crippen molar-refractivity contribution < 1.29 is 4.74 Å².